The van der Waals surface area contributed by atoms with Crippen LogP contribution in [0.4, 0.5) is 10.2 Å². The van der Waals surface area contributed by atoms with Crippen molar-refractivity contribution < 1.29 is 4.39 Å². The SMILES string of the molecule is CN(CC(C)(C)C)c1ccnc(F)n1. The molecule has 1 heterocycles. The van der Waals surface area contributed by atoms with Gasteiger partial charge in [0, 0.05) is 19.8 Å². The first-order valence-electron chi connectivity index (χ1n) is 4.58. The summed E-state index contributed by atoms with van der Waals surface area (Å²) in [7, 11) is 1.90. The zero-order valence-corrected chi connectivity index (χ0v) is 9.08. The second-order valence-electron chi connectivity index (χ2n) is 4.60. The Kier molecular flexibility index (Phi) is 3.03. The van der Waals surface area contributed by atoms with Gasteiger partial charge in [-0.25, -0.2) is 4.98 Å². The van der Waals surface area contributed by atoms with Crippen LogP contribution >= 0.6 is 0 Å². The van der Waals surface area contributed by atoms with Crippen molar-refractivity contribution in [2.75, 3.05) is 18.5 Å². The zero-order valence-electron chi connectivity index (χ0n) is 9.08. The van der Waals surface area contributed by atoms with E-state index in [2.05, 4.69) is 30.7 Å². The lowest BCUT2D eigenvalue weighted by Gasteiger charge is -2.27. The van der Waals surface area contributed by atoms with Gasteiger partial charge in [-0.3, -0.25) is 0 Å². The minimum atomic E-state index is -0.678. The van der Waals surface area contributed by atoms with E-state index in [1.807, 2.05) is 11.9 Å². The van der Waals surface area contributed by atoms with E-state index in [4.69, 9.17) is 0 Å². The zero-order chi connectivity index (χ0) is 10.8. The lowest BCUT2D eigenvalue weighted by atomic mass is 9.96. The highest BCUT2D eigenvalue weighted by molar-refractivity contribution is 5.35. The van der Waals surface area contributed by atoms with Gasteiger partial charge in [-0.2, -0.15) is 9.37 Å². The standard InChI is InChI=1S/C10H16FN3/c1-10(2,3)7-14(4)8-5-6-12-9(11)13-8/h5-6H,7H2,1-4H3. The van der Waals surface area contributed by atoms with E-state index in [-0.39, 0.29) is 5.41 Å². The summed E-state index contributed by atoms with van der Waals surface area (Å²) in [5, 5.41) is 0. The number of rotatable bonds is 2. The van der Waals surface area contributed by atoms with Gasteiger partial charge in [0.25, 0.3) is 0 Å². The van der Waals surface area contributed by atoms with Crippen molar-refractivity contribution in [2.24, 2.45) is 5.41 Å². The summed E-state index contributed by atoms with van der Waals surface area (Å²) >= 11 is 0. The molecule has 0 aliphatic rings. The van der Waals surface area contributed by atoms with Crippen LogP contribution in [0.2, 0.25) is 0 Å². The van der Waals surface area contributed by atoms with E-state index in [0.29, 0.717) is 5.82 Å². The molecule has 0 fully saturated rings. The molecule has 78 valence electrons. The monoisotopic (exact) mass is 197 g/mol. The molecule has 0 aliphatic carbocycles. The van der Waals surface area contributed by atoms with Gasteiger partial charge in [0.2, 0.25) is 0 Å². The Hall–Kier alpha value is -1.19. The molecular formula is C10H16FN3. The Morgan fingerprint density at radius 2 is 2.07 bits per heavy atom. The van der Waals surface area contributed by atoms with Crippen molar-refractivity contribution >= 4 is 5.82 Å². The van der Waals surface area contributed by atoms with Crippen LogP contribution < -0.4 is 4.90 Å². The van der Waals surface area contributed by atoms with Crippen molar-refractivity contribution in [2.45, 2.75) is 20.8 Å². The van der Waals surface area contributed by atoms with Gasteiger partial charge in [-0.05, 0) is 11.5 Å². The van der Waals surface area contributed by atoms with Crippen molar-refractivity contribution in [1.29, 1.82) is 0 Å². The predicted octanol–water partition coefficient (Wildman–Crippen LogP) is 2.10. The molecule has 0 spiro atoms. The number of anilines is 1. The van der Waals surface area contributed by atoms with Gasteiger partial charge in [0.05, 0.1) is 0 Å². The van der Waals surface area contributed by atoms with Crippen molar-refractivity contribution in [1.82, 2.24) is 9.97 Å². The molecule has 0 atom stereocenters. The summed E-state index contributed by atoms with van der Waals surface area (Å²) < 4.78 is 12.7. The van der Waals surface area contributed by atoms with Crippen molar-refractivity contribution in [3.63, 3.8) is 0 Å². The number of hydrogen-bond donors (Lipinski definition) is 0. The molecule has 1 aromatic heterocycles. The quantitative estimate of drug-likeness (QED) is 0.680. The average molecular weight is 197 g/mol. The third kappa shape index (κ3) is 3.28. The molecule has 0 aromatic carbocycles. The Bertz CT molecular complexity index is 306. The van der Waals surface area contributed by atoms with Gasteiger partial charge >= 0.3 is 6.08 Å². The largest absolute Gasteiger partial charge is 0.359 e. The number of nitrogens with zero attached hydrogens (tertiary/aromatic N) is 3. The number of aromatic nitrogens is 2. The lowest BCUT2D eigenvalue weighted by Crippen LogP contribution is -2.29. The smallest absolute Gasteiger partial charge is 0.310 e. The van der Waals surface area contributed by atoms with Gasteiger partial charge in [-0.1, -0.05) is 20.8 Å². The molecule has 3 nitrogen and oxygen atoms in total. The first-order chi connectivity index (χ1) is 6.38. The molecule has 14 heavy (non-hydrogen) atoms. The van der Waals surface area contributed by atoms with E-state index in [1.165, 1.54) is 6.20 Å². The molecule has 0 radical (unpaired) electrons. The minimum absolute atomic E-state index is 0.163. The fourth-order valence-corrected chi connectivity index (χ4v) is 1.33. The van der Waals surface area contributed by atoms with Gasteiger partial charge in [0.1, 0.15) is 5.82 Å². The Morgan fingerprint density at radius 3 is 2.57 bits per heavy atom. The van der Waals surface area contributed by atoms with Crippen molar-refractivity contribution in [3.8, 4) is 0 Å². The summed E-state index contributed by atoms with van der Waals surface area (Å²) in [5.74, 6) is 0.618. The molecule has 0 amide bonds. The maximum atomic E-state index is 12.7. The number of halogens is 1. The predicted molar refractivity (Wildman–Crippen MR) is 54.7 cm³/mol. The van der Waals surface area contributed by atoms with Crippen LogP contribution in [0.1, 0.15) is 20.8 Å². The summed E-state index contributed by atoms with van der Waals surface area (Å²) in [4.78, 5) is 9.04. The lowest BCUT2D eigenvalue weighted by molar-refractivity contribution is 0.416. The van der Waals surface area contributed by atoms with E-state index in [9.17, 15) is 4.39 Å². The van der Waals surface area contributed by atoms with Gasteiger partial charge in [0.15, 0.2) is 0 Å². The van der Waals surface area contributed by atoms with Crippen LogP contribution in [-0.2, 0) is 0 Å². The normalized spacial score (nSPS) is 11.5. The summed E-state index contributed by atoms with van der Waals surface area (Å²) in [6, 6.07) is 1.70. The Morgan fingerprint density at radius 1 is 1.43 bits per heavy atom. The first kappa shape index (κ1) is 10.9. The minimum Gasteiger partial charge on any atom is -0.359 e. The third-order valence-electron chi connectivity index (χ3n) is 1.71. The molecule has 0 saturated heterocycles. The van der Waals surface area contributed by atoms with Gasteiger partial charge < -0.3 is 4.90 Å². The second kappa shape index (κ2) is 3.90. The van der Waals surface area contributed by atoms with Crippen LogP contribution in [0.25, 0.3) is 0 Å². The van der Waals surface area contributed by atoms with Crippen LogP contribution in [0.15, 0.2) is 12.3 Å². The molecule has 4 heteroatoms. The maximum Gasteiger partial charge on any atom is 0.310 e. The summed E-state index contributed by atoms with van der Waals surface area (Å²) in [5.41, 5.74) is 0.163. The highest BCUT2D eigenvalue weighted by Gasteiger charge is 2.14. The van der Waals surface area contributed by atoms with E-state index in [0.717, 1.165) is 6.54 Å². The summed E-state index contributed by atoms with van der Waals surface area (Å²) in [6.45, 7) is 7.20. The fraction of sp³-hybridized carbons (Fsp3) is 0.600. The van der Waals surface area contributed by atoms with E-state index < -0.39 is 6.08 Å². The molecule has 0 bridgehead atoms. The maximum absolute atomic E-state index is 12.7. The topological polar surface area (TPSA) is 29.0 Å². The fourth-order valence-electron chi connectivity index (χ4n) is 1.33. The average Bonchev–Trinajstić information content (AvgIpc) is 2.01. The van der Waals surface area contributed by atoms with E-state index in [1.54, 1.807) is 6.07 Å². The number of hydrogen-bond acceptors (Lipinski definition) is 3. The molecule has 0 saturated carbocycles. The Balaban J connectivity index is 2.74. The first-order valence-corrected chi connectivity index (χ1v) is 4.58. The Labute approximate surface area is 84.0 Å². The van der Waals surface area contributed by atoms with Crippen LogP contribution in [0.5, 0.6) is 0 Å². The molecule has 1 rings (SSSR count). The second-order valence-corrected chi connectivity index (χ2v) is 4.60. The highest BCUT2D eigenvalue weighted by atomic mass is 19.1. The van der Waals surface area contributed by atoms with E-state index >= 15 is 0 Å². The highest BCUT2D eigenvalue weighted by Crippen LogP contribution is 2.17. The van der Waals surface area contributed by atoms with Gasteiger partial charge in [-0.15, -0.1) is 0 Å². The molecule has 0 N–H and O–H groups in total. The van der Waals surface area contributed by atoms with Crippen LogP contribution in [-0.4, -0.2) is 23.6 Å². The van der Waals surface area contributed by atoms with Crippen LogP contribution in [0.3, 0.4) is 0 Å². The van der Waals surface area contributed by atoms with Crippen molar-refractivity contribution in [3.05, 3.63) is 18.3 Å². The molecular weight excluding hydrogens is 181 g/mol. The molecule has 0 aliphatic heterocycles. The van der Waals surface area contributed by atoms with Crippen LogP contribution in [0, 0.1) is 11.5 Å². The molecule has 1 aromatic rings. The summed E-state index contributed by atoms with van der Waals surface area (Å²) in [6.07, 6.45) is 0.750. The third-order valence-corrected chi connectivity index (χ3v) is 1.71. The molecule has 0 unspecified atom stereocenters.